The molecule has 1 aromatic heterocycles. The predicted octanol–water partition coefficient (Wildman–Crippen LogP) is 5.85. The van der Waals surface area contributed by atoms with Crippen molar-refractivity contribution in [3.63, 3.8) is 0 Å². The first-order valence-electron chi connectivity index (χ1n) is 10.8. The van der Waals surface area contributed by atoms with Gasteiger partial charge in [0.25, 0.3) is 0 Å². The molecule has 0 spiro atoms. The Bertz CT molecular complexity index is 1030. The van der Waals surface area contributed by atoms with E-state index in [9.17, 15) is 4.79 Å². The number of ether oxygens (including phenoxy) is 2. The number of benzene rings is 2. The first kappa shape index (κ1) is 22.1. The second kappa shape index (κ2) is 10.5. The molecule has 164 valence electrons. The normalized spacial score (nSPS) is 14.7. The highest BCUT2D eigenvalue weighted by molar-refractivity contribution is 9.10. The molecule has 31 heavy (non-hydrogen) atoms. The number of piperidine rings is 1. The molecule has 0 aliphatic carbocycles. The number of aromatic nitrogens is 1. The predicted molar refractivity (Wildman–Crippen MR) is 129 cm³/mol. The fourth-order valence-electron chi connectivity index (χ4n) is 3.90. The van der Waals surface area contributed by atoms with Gasteiger partial charge in [-0.2, -0.15) is 0 Å². The largest absolute Gasteiger partial charge is 0.494 e. The highest BCUT2D eigenvalue weighted by Gasteiger charge is 2.21. The second-order valence-electron chi connectivity index (χ2n) is 7.81. The number of fused-ring (bicyclic) bond motifs is 1. The minimum Gasteiger partial charge on any atom is -0.494 e. The number of hydrogen-bond acceptors (Lipinski definition) is 6. The molecule has 1 aliphatic rings. The van der Waals surface area contributed by atoms with Crippen molar-refractivity contribution in [3.05, 3.63) is 52.5 Å². The van der Waals surface area contributed by atoms with Crippen molar-refractivity contribution in [2.45, 2.75) is 32.6 Å². The topological polar surface area (TPSA) is 51.7 Å². The molecular formula is C24H27BrN2O3S. The van der Waals surface area contributed by atoms with Gasteiger partial charge in [0.1, 0.15) is 5.75 Å². The summed E-state index contributed by atoms with van der Waals surface area (Å²) < 4.78 is 13.3. The van der Waals surface area contributed by atoms with Crippen molar-refractivity contribution in [3.8, 4) is 5.75 Å². The lowest BCUT2D eigenvalue weighted by atomic mass is 9.94. The molecule has 0 bridgehead atoms. The second-order valence-corrected chi connectivity index (χ2v) is 9.73. The maximum Gasteiger partial charge on any atom is 0.310 e. The Kier molecular flexibility index (Phi) is 7.45. The Morgan fingerprint density at radius 1 is 1.23 bits per heavy atom. The van der Waals surface area contributed by atoms with Crippen molar-refractivity contribution in [1.29, 1.82) is 0 Å². The Hall–Kier alpha value is -2.12. The molecular weight excluding hydrogens is 476 g/mol. The van der Waals surface area contributed by atoms with Crippen LogP contribution in [0.15, 0.2) is 46.9 Å². The molecule has 0 radical (unpaired) electrons. The molecule has 2 aromatic carbocycles. The van der Waals surface area contributed by atoms with Gasteiger partial charge in [0, 0.05) is 17.6 Å². The number of thiazole rings is 1. The lowest BCUT2D eigenvalue weighted by Crippen LogP contribution is -2.34. The highest BCUT2D eigenvalue weighted by Crippen LogP contribution is 2.33. The molecule has 1 saturated heterocycles. The summed E-state index contributed by atoms with van der Waals surface area (Å²) in [6, 6.07) is 14.0. The van der Waals surface area contributed by atoms with Crippen LogP contribution in [-0.4, -0.2) is 37.3 Å². The Balaban J connectivity index is 1.23. The number of esters is 1. The molecule has 1 fully saturated rings. The van der Waals surface area contributed by atoms with E-state index >= 15 is 0 Å². The van der Waals surface area contributed by atoms with Gasteiger partial charge >= 0.3 is 5.97 Å². The first-order chi connectivity index (χ1) is 15.1. The van der Waals surface area contributed by atoms with Crippen molar-refractivity contribution < 1.29 is 14.3 Å². The smallest absolute Gasteiger partial charge is 0.310 e. The third-order valence-corrected chi connectivity index (χ3v) is 7.14. The maximum atomic E-state index is 11.7. The summed E-state index contributed by atoms with van der Waals surface area (Å²) in [5, 5.41) is 1.13. The number of carbonyl (C=O) groups is 1. The number of halogens is 1. The summed E-state index contributed by atoms with van der Waals surface area (Å²) in [5.41, 5.74) is 2.00. The van der Waals surface area contributed by atoms with Gasteiger partial charge < -0.3 is 14.4 Å². The number of anilines is 1. The summed E-state index contributed by atoms with van der Waals surface area (Å²) in [5.74, 6) is 1.29. The van der Waals surface area contributed by atoms with Gasteiger partial charge in [0.15, 0.2) is 5.13 Å². The van der Waals surface area contributed by atoms with Crippen LogP contribution in [0.25, 0.3) is 10.2 Å². The van der Waals surface area contributed by atoms with Crippen molar-refractivity contribution in [2.75, 3.05) is 31.2 Å². The fourth-order valence-corrected chi connectivity index (χ4v) is 5.47. The Morgan fingerprint density at radius 2 is 2.06 bits per heavy atom. The quantitative estimate of drug-likeness (QED) is 0.361. The van der Waals surface area contributed by atoms with E-state index in [1.165, 1.54) is 4.70 Å². The standard InChI is InChI=1S/C24H27BrN2O3S/c1-2-29-23(28)15-18-4-3-5-20(14-18)30-13-10-17-8-11-27(12-9-17)24-26-21-7-6-19(25)16-22(21)31-24/h3-7,14,16-17H,2,8-13,15H2,1H3. The minimum atomic E-state index is -0.202. The van der Waals surface area contributed by atoms with Crippen molar-refractivity contribution in [1.82, 2.24) is 4.98 Å². The fraction of sp³-hybridized carbons (Fsp3) is 0.417. The monoisotopic (exact) mass is 502 g/mol. The first-order valence-corrected chi connectivity index (χ1v) is 12.4. The number of carbonyl (C=O) groups excluding carboxylic acids is 1. The van der Waals surface area contributed by atoms with Crippen LogP contribution in [0, 0.1) is 5.92 Å². The van der Waals surface area contributed by atoms with Gasteiger partial charge in [-0.1, -0.05) is 39.4 Å². The van der Waals surface area contributed by atoms with Crippen LogP contribution in [0.4, 0.5) is 5.13 Å². The van der Waals surface area contributed by atoms with Crippen LogP contribution in [-0.2, 0) is 16.0 Å². The molecule has 1 aliphatic heterocycles. The van der Waals surface area contributed by atoms with Crippen molar-refractivity contribution in [2.24, 2.45) is 5.92 Å². The average molecular weight is 503 g/mol. The number of rotatable bonds is 8. The Morgan fingerprint density at radius 3 is 2.87 bits per heavy atom. The summed E-state index contributed by atoms with van der Waals surface area (Å²) >= 11 is 5.31. The van der Waals surface area contributed by atoms with E-state index in [0.717, 1.165) is 58.8 Å². The third-order valence-electron chi connectivity index (χ3n) is 5.57. The van der Waals surface area contributed by atoms with E-state index in [1.807, 2.05) is 37.3 Å². The minimum absolute atomic E-state index is 0.202. The van der Waals surface area contributed by atoms with E-state index < -0.39 is 0 Å². The summed E-state index contributed by atoms with van der Waals surface area (Å²) in [6.07, 6.45) is 3.65. The van der Waals surface area contributed by atoms with Gasteiger partial charge in [-0.25, -0.2) is 4.98 Å². The van der Waals surface area contributed by atoms with E-state index in [2.05, 4.69) is 33.0 Å². The number of hydrogen-bond donors (Lipinski definition) is 0. The average Bonchev–Trinajstić information content (AvgIpc) is 3.18. The van der Waals surface area contributed by atoms with Crippen molar-refractivity contribution >= 4 is 48.6 Å². The zero-order chi connectivity index (χ0) is 21.6. The van der Waals surface area contributed by atoms with Gasteiger partial charge in [-0.3, -0.25) is 4.79 Å². The van der Waals surface area contributed by atoms with E-state index in [1.54, 1.807) is 11.3 Å². The SMILES string of the molecule is CCOC(=O)Cc1cccc(OCCC2CCN(c3nc4ccc(Br)cc4s3)CC2)c1. The molecule has 4 rings (SSSR count). The maximum absolute atomic E-state index is 11.7. The van der Waals surface area contributed by atoms with Crippen LogP contribution in [0.3, 0.4) is 0 Å². The highest BCUT2D eigenvalue weighted by atomic mass is 79.9. The lowest BCUT2D eigenvalue weighted by Gasteiger charge is -2.31. The van der Waals surface area contributed by atoms with Gasteiger partial charge in [-0.05, 0) is 68.0 Å². The van der Waals surface area contributed by atoms with E-state index in [4.69, 9.17) is 14.5 Å². The summed E-state index contributed by atoms with van der Waals surface area (Å²) in [6.45, 7) is 5.01. The van der Waals surface area contributed by atoms with Gasteiger partial charge in [0.2, 0.25) is 0 Å². The zero-order valence-electron chi connectivity index (χ0n) is 17.7. The van der Waals surface area contributed by atoms with Crippen LogP contribution in [0.1, 0.15) is 31.7 Å². The molecule has 7 heteroatoms. The summed E-state index contributed by atoms with van der Waals surface area (Å²) in [4.78, 5) is 18.9. The van der Waals surface area contributed by atoms with Gasteiger partial charge in [0.05, 0.1) is 29.9 Å². The molecule has 0 atom stereocenters. The number of nitrogens with zero attached hydrogens (tertiary/aromatic N) is 2. The molecule has 2 heterocycles. The van der Waals surface area contributed by atoms with Crippen LogP contribution in [0.5, 0.6) is 5.75 Å². The third kappa shape index (κ3) is 5.98. The van der Waals surface area contributed by atoms with Crippen LogP contribution in [0.2, 0.25) is 0 Å². The molecule has 5 nitrogen and oxygen atoms in total. The Labute approximate surface area is 195 Å². The lowest BCUT2D eigenvalue weighted by molar-refractivity contribution is -0.142. The van der Waals surface area contributed by atoms with Gasteiger partial charge in [-0.15, -0.1) is 0 Å². The molecule has 0 amide bonds. The molecule has 0 unspecified atom stereocenters. The van der Waals surface area contributed by atoms with E-state index in [0.29, 0.717) is 19.1 Å². The molecule has 3 aromatic rings. The molecule has 0 saturated carbocycles. The summed E-state index contributed by atoms with van der Waals surface area (Å²) in [7, 11) is 0. The molecule has 0 N–H and O–H groups in total. The van der Waals surface area contributed by atoms with E-state index in [-0.39, 0.29) is 12.4 Å². The van der Waals surface area contributed by atoms with Crippen LogP contribution < -0.4 is 9.64 Å². The zero-order valence-corrected chi connectivity index (χ0v) is 20.1. The van der Waals surface area contributed by atoms with Crippen LogP contribution >= 0.6 is 27.3 Å².